The van der Waals surface area contributed by atoms with E-state index in [1.165, 1.54) is 0 Å². The molecule has 0 radical (unpaired) electrons. The Hall–Kier alpha value is -2.97. The molecule has 0 bridgehead atoms. The molecule has 0 fully saturated rings. The first-order chi connectivity index (χ1) is 16.3. The maximum absolute atomic E-state index is 5.71. The van der Waals surface area contributed by atoms with E-state index in [0.29, 0.717) is 17.2 Å². The Labute approximate surface area is 212 Å². The van der Waals surface area contributed by atoms with Crippen LogP contribution in [0.5, 0.6) is 35.3 Å². The van der Waals surface area contributed by atoms with Gasteiger partial charge in [0.25, 0.3) is 0 Å². The molecular formula is C25H27Br2N3O3. The van der Waals surface area contributed by atoms with E-state index < -0.39 is 0 Å². The van der Waals surface area contributed by atoms with Gasteiger partial charge in [0.15, 0.2) is 0 Å². The van der Waals surface area contributed by atoms with Crippen LogP contribution in [0.1, 0.15) is 13.8 Å². The van der Waals surface area contributed by atoms with Gasteiger partial charge >= 0.3 is 18.0 Å². The molecule has 1 aromatic heterocycles. The molecule has 0 unspecified atom stereocenters. The highest BCUT2D eigenvalue weighted by molar-refractivity contribution is 9.09. The maximum Gasteiger partial charge on any atom is 0.331 e. The van der Waals surface area contributed by atoms with Crippen molar-refractivity contribution in [3.63, 3.8) is 0 Å². The highest BCUT2D eigenvalue weighted by Crippen LogP contribution is 2.26. The van der Waals surface area contributed by atoms with E-state index in [1.54, 1.807) is 36.4 Å². The first kappa shape index (κ1) is 28.1. The van der Waals surface area contributed by atoms with Crippen LogP contribution >= 0.6 is 31.9 Å². The van der Waals surface area contributed by atoms with E-state index in [1.807, 2.05) is 80.1 Å². The molecule has 0 N–H and O–H groups in total. The third-order valence-corrected chi connectivity index (χ3v) is 3.43. The van der Waals surface area contributed by atoms with Crippen LogP contribution in [0.15, 0.2) is 91.0 Å². The van der Waals surface area contributed by atoms with E-state index in [2.05, 4.69) is 46.8 Å². The Bertz CT molecular complexity index is 865. The Balaban J connectivity index is 0.000000841. The molecule has 0 saturated heterocycles. The van der Waals surface area contributed by atoms with E-state index in [0.717, 1.165) is 0 Å². The normalized spacial score (nSPS) is 8.91. The van der Waals surface area contributed by atoms with Crippen LogP contribution < -0.4 is 14.2 Å². The fourth-order valence-electron chi connectivity index (χ4n) is 2.24. The van der Waals surface area contributed by atoms with Crippen LogP contribution in [0.3, 0.4) is 0 Å². The van der Waals surface area contributed by atoms with Crippen LogP contribution in [-0.2, 0) is 0 Å². The van der Waals surface area contributed by atoms with Gasteiger partial charge in [0.05, 0.1) is 0 Å². The molecule has 0 saturated carbocycles. The second-order valence-electron chi connectivity index (χ2n) is 5.43. The predicted molar refractivity (Wildman–Crippen MR) is 140 cm³/mol. The van der Waals surface area contributed by atoms with Crippen LogP contribution in [-0.4, -0.2) is 26.6 Å². The molecule has 0 aliphatic heterocycles. The lowest BCUT2D eigenvalue weighted by molar-refractivity contribution is 0.362. The quantitative estimate of drug-likeness (QED) is 0.215. The minimum atomic E-state index is 0.0769. The summed E-state index contributed by atoms with van der Waals surface area (Å²) in [6.45, 7) is 4.00. The van der Waals surface area contributed by atoms with Crippen molar-refractivity contribution in [1.82, 2.24) is 15.0 Å². The number of alkyl halides is 2. The van der Waals surface area contributed by atoms with Crippen molar-refractivity contribution in [3.8, 4) is 35.3 Å². The average Bonchev–Trinajstić information content (AvgIpc) is 2.89. The van der Waals surface area contributed by atoms with Gasteiger partial charge in [0.2, 0.25) is 0 Å². The van der Waals surface area contributed by atoms with Crippen molar-refractivity contribution >= 4 is 31.9 Å². The lowest BCUT2D eigenvalue weighted by atomic mass is 10.3. The first-order valence-electron chi connectivity index (χ1n) is 10.1. The Morgan fingerprint density at radius 1 is 0.424 bits per heavy atom. The van der Waals surface area contributed by atoms with Gasteiger partial charge in [-0.05, 0) is 48.1 Å². The summed E-state index contributed by atoms with van der Waals surface area (Å²) in [4.78, 5) is 12.7. The molecular weight excluding hydrogens is 550 g/mol. The molecule has 0 aliphatic carbocycles. The first-order valence-corrected chi connectivity index (χ1v) is 13.2. The lowest BCUT2D eigenvalue weighted by Gasteiger charge is -2.09. The molecule has 174 valence electrons. The molecule has 0 spiro atoms. The molecule has 0 atom stereocenters. The SMILES string of the molecule is CBr.CBr.CC.c1ccc(Oc2nc(Oc3ccccc3)nc(Oc3ccccc3)n2)cc1. The van der Waals surface area contributed by atoms with Gasteiger partial charge in [-0.2, -0.15) is 0 Å². The summed E-state index contributed by atoms with van der Waals surface area (Å²) in [6.07, 6.45) is 0. The Morgan fingerprint density at radius 2 is 0.636 bits per heavy atom. The van der Waals surface area contributed by atoms with E-state index in [-0.39, 0.29) is 18.0 Å². The molecule has 1 heterocycles. The molecule has 33 heavy (non-hydrogen) atoms. The lowest BCUT2D eigenvalue weighted by Crippen LogP contribution is -2.01. The zero-order valence-electron chi connectivity index (χ0n) is 19.0. The Morgan fingerprint density at radius 3 is 0.848 bits per heavy atom. The van der Waals surface area contributed by atoms with Crippen molar-refractivity contribution in [2.45, 2.75) is 13.8 Å². The van der Waals surface area contributed by atoms with Crippen molar-refractivity contribution in [2.75, 3.05) is 11.7 Å². The summed E-state index contributed by atoms with van der Waals surface area (Å²) in [5.41, 5.74) is 0. The number of hydrogen-bond donors (Lipinski definition) is 0. The van der Waals surface area contributed by atoms with Crippen LogP contribution in [0.2, 0.25) is 0 Å². The van der Waals surface area contributed by atoms with Gasteiger partial charge < -0.3 is 14.2 Å². The summed E-state index contributed by atoms with van der Waals surface area (Å²) >= 11 is 5.88. The number of nitrogens with zero attached hydrogens (tertiary/aromatic N) is 3. The molecule has 0 aliphatic rings. The third kappa shape index (κ3) is 10.5. The summed E-state index contributed by atoms with van der Waals surface area (Å²) in [5.74, 6) is 5.42. The molecule has 4 rings (SSSR count). The van der Waals surface area contributed by atoms with E-state index in [9.17, 15) is 0 Å². The largest absolute Gasteiger partial charge is 0.424 e. The molecule has 0 amide bonds. The average molecular weight is 577 g/mol. The van der Waals surface area contributed by atoms with Crippen molar-refractivity contribution in [1.29, 1.82) is 0 Å². The second-order valence-corrected chi connectivity index (χ2v) is 5.43. The maximum atomic E-state index is 5.71. The van der Waals surface area contributed by atoms with E-state index >= 15 is 0 Å². The zero-order valence-corrected chi connectivity index (χ0v) is 22.2. The van der Waals surface area contributed by atoms with Gasteiger partial charge in [-0.15, -0.1) is 15.0 Å². The standard InChI is InChI=1S/C21H15N3O3.C2H6.2CH3Br/c1-4-10-16(11-5-1)25-19-22-20(26-17-12-6-2-7-13-17)24-21(23-19)27-18-14-8-3-9-15-18;3*1-2/h1-15H;1-2H3;2*1H3. The van der Waals surface area contributed by atoms with Crippen LogP contribution in [0.4, 0.5) is 0 Å². The van der Waals surface area contributed by atoms with E-state index in [4.69, 9.17) is 14.2 Å². The minimum Gasteiger partial charge on any atom is -0.424 e. The number of aromatic nitrogens is 3. The third-order valence-electron chi connectivity index (χ3n) is 3.43. The van der Waals surface area contributed by atoms with Gasteiger partial charge in [-0.1, -0.05) is 100 Å². The zero-order chi connectivity index (χ0) is 24.3. The molecule has 8 heteroatoms. The van der Waals surface area contributed by atoms with Gasteiger partial charge in [-0.3, -0.25) is 0 Å². The monoisotopic (exact) mass is 575 g/mol. The van der Waals surface area contributed by atoms with Crippen LogP contribution in [0.25, 0.3) is 0 Å². The molecule has 4 aromatic rings. The number of rotatable bonds is 6. The van der Waals surface area contributed by atoms with Gasteiger partial charge in [0, 0.05) is 0 Å². The van der Waals surface area contributed by atoms with Crippen molar-refractivity contribution in [3.05, 3.63) is 91.0 Å². The number of hydrogen-bond acceptors (Lipinski definition) is 6. The predicted octanol–water partition coefficient (Wildman–Crippen LogP) is 8.30. The fraction of sp³-hybridized carbons (Fsp3) is 0.160. The summed E-state index contributed by atoms with van der Waals surface area (Å²) < 4.78 is 17.1. The Kier molecular flexibility index (Phi) is 14.9. The minimum absolute atomic E-state index is 0.0769. The second kappa shape index (κ2) is 17.6. The number of para-hydroxylation sites is 3. The summed E-state index contributed by atoms with van der Waals surface area (Å²) in [7, 11) is 0. The highest BCUT2D eigenvalue weighted by atomic mass is 79.9. The fourth-order valence-corrected chi connectivity index (χ4v) is 2.24. The van der Waals surface area contributed by atoms with Crippen molar-refractivity contribution in [2.24, 2.45) is 0 Å². The summed E-state index contributed by atoms with van der Waals surface area (Å²) in [6, 6.07) is 27.9. The van der Waals surface area contributed by atoms with Gasteiger partial charge in [-0.25, -0.2) is 0 Å². The molecule has 3 aromatic carbocycles. The van der Waals surface area contributed by atoms with Crippen LogP contribution in [0, 0.1) is 0 Å². The number of benzene rings is 3. The van der Waals surface area contributed by atoms with Gasteiger partial charge in [0.1, 0.15) is 17.2 Å². The summed E-state index contributed by atoms with van der Waals surface area (Å²) in [5, 5.41) is 0. The number of ether oxygens (including phenoxy) is 3. The number of halogens is 2. The smallest absolute Gasteiger partial charge is 0.331 e. The topological polar surface area (TPSA) is 66.4 Å². The highest BCUT2D eigenvalue weighted by Gasteiger charge is 2.12. The molecule has 6 nitrogen and oxygen atoms in total. The van der Waals surface area contributed by atoms with Crippen molar-refractivity contribution < 1.29 is 14.2 Å².